The summed E-state index contributed by atoms with van der Waals surface area (Å²) in [5.74, 6) is 0.0648. The highest BCUT2D eigenvalue weighted by Gasteiger charge is 2.01. The third-order valence-corrected chi connectivity index (χ3v) is 1.79. The van der Waals surface area contributed by atoms with Crippen molar-refractivity contribution in [3.8, 4) is 0 Å². The Labute approximate surface area is 79.5 Å². The van der Waals surface area contributed by atoms with Crippen LogP contribution >= 0.6 is 0 Å². The molecule has 0 atom stereocenters. The molecule has 3 nitrogen and oxygen atoms in total. The first-order chi connectivity index (χ1) is 6.11. The van der Waals surface area contributed by atoms with Crippen LogP contribution < -0.4 is 0 Å². The van der Waals surface area contributed by atoms with Crippen LogP contribution in [0.5, 0.6) is 0 Å². The van der Waals surface area contributed by atoms with Gasteiger partial charge in [0.15, 0.2) is 0 Å². The summed E-state index contributed by atoms with van der Waals surface area (Å²) < 4.78 is 0. The van der Waals surface area contributed by atoms with Gasteiger partial charge in [-0.05, 0) is 18.7 Å². The lowest BCUT2D eigenvalue weighted by atomic mass is 10.2. The molecule has 0 aliphatic heterocycles. The fourth-order valence-corrected chi connectivity index (χ4v) is 0.791. The molecule has 0 aromatic carbocycles. The van der Waals surface area contributed by atoms with Gasteiger partial charge in [0.25, 0.3) is 0 Å². The van der Waals surface area contributed by atoms with E-state index >= 15 is 0 Å². The molecule has 0 aliphatic carbocycles. The summed E-state index contributed by atoms with van der Waals surface area (Å²) in [5.41, 5.74) is 0.989. The van der Waals surface area contributed by atoms with Crippen LogP contribution in [0.3, 0.4) is 0 Å². The predicted octanol–water partition coefficient (Wildman–Crippen LogP) is 1.63. The van der Waals surface area contributed by atoms with Crippen molar-refractivity contribution in [2.45, 2.75) is 13.3 Å². The number of allylic oxidation sites excluding steroid dienone is 1. The maximum absolute atomic E-state index is 10.8. The van der Waals surface area contributed by atoms with Crippen molar-refractivity contribution >= 4 is 12.6 Å². The SMILES string of the molecule is C=C/C(=C\N=C)CCN(C)C(C)=O. The zero-order chi connectivity index (χ0) is 10.3. The summed E-state index contributed by atoms with van der Waals surface area (Å²) >= 11 is 0. The van der Waals surface area contributed by atoms with Gasteiger partial charge in [0.1, 0.15) is 0 Å². The molecule has 0 saturated heterocycles. The number of aliphatic imine (C=N–C) groups is 1. The lowest BCUT2D eigenvalue weighted by molar-refractivity contribution is -0.127. The molecule has 13 heavy (non-hydrogen) atoms. The minimum atomic E-state index is 0.0648. The minimum absolute atomic E-state index is 0.0648. The van der Waals surface area contributed by atoms with Gasteiger partial charge < -0.3 is 4.90 Å². The van der Waals surface area contributed by atoms with Crippen LogP contribution in [0.15, 0.2) is 29.4 Å². The Kier molecular flexibility index (Phi) is 5.52. The molecule has 0 aromatic rings. The molecule has 72 valence electrons. The van der Waals surface area contributed by atoms with Gasteiger partial charge in [0, 0.05) is 26.7 Å². The second-order valence-electron chi connectivity index (χ2n) is 2.78. The summed E-state index contributed by atoms with van der Waals surface area (Å²) in [5, 5.41) is 0. The zero-order valence-electron chi connectivity index (χ0n) is 8.29. The Morgan fingerprint density at radius 1 is 1.62 bits per heavy atom. The van der Waals surface area contributed by atoms with E-state index in [1.807, 2.05) is 0 Å². The number of carbonyl (C=O) groups excluding carboxylic acids is 1. The number of amides is 1. The van der Waals surface area contributed by atoms with Crippen molar-refractivity contribution in [2.24, 2.45) is 4.99 Å². The Morgan fingerprint density at radius 2 is 2.23 bits per heavy atom. The van der Waals surface area contributed by atoms with Gasteiger partial charge in [-0.2, -0.15) is 0 Å². The fraction of sp³-hybridized carbons (Fsp3) is 0.400. The Morgan fingerprint density at radius 3 is 2.62 bits per heavy atom. The largest absolute Gasteiger partial charge is 0.346 e. The van der Waals surface area contributed by atoms with Gasteiger partial charge in [-0.25, -0.2) is 0 Å². The van der Waals surface area contributed by atoms with Crippen molar-refractivity contribution < 1.29 is 4.79 Å². The average molecular weight is 180 g/mol. The van der Waals surface area contributed by atoms with E-state index in [1.54, 1.807) is 31.1 Å². The van der Waals surface area contributed by atoms with Crippen LogP contribution in [0.4, 0.5) is 0 Å². The van der Waals surface area contributed by atoms with E-state index in [9.17, 15) is 4.79 Å². The number of nitrogens with zero attached hydrogens (tertiary/aromatic N) is 2. The van der Waals surface area contributed by atoms with E-state index in [-0.39, 0.29) is 5.91 Å². The fourth-order valence-electron chi connectivity index (χ4n) is 0.791. The standard InChI is InChI=1S/C10H16N2O/c1-5-10(8-11-3)6-7-12(4)9(2)13/h5,8H,1,3,6-7H2,2,4H3/b10-8+. The lowest BCUT2D eigenvalue weighted by Gasteiger charge is -2.14. The van der Waals surface area contributed by atoms with Crippen molar-refractivity contribution in [2.75, 3.05) is 13.6 Å². The van der Waals surface area contributed by atoms with E-state index in [4.69, 9.17) is 0 Å². The predicted molar refractivity (Wildman–Crippen MR) is 55.8 cm³/mol. The van der Waals surface area contributed by atoms with Crippen molar-refractivity contribution in [1.82, 2.24) is 4.90 Å². The molecule has 1 amide bonds. The van der Waals surface area contributed by atoms with Gasteiger partial charge >= 0.3 is 0 Å². The van der Waals surface area contributed by atoms with Gasteiger partial charge in [-0.1, -0.05) is 12.7 Å². The monoisotopic (exact) mass is 180 g/mol. The Hall–Kier alpha value is -1.38. The van der Waals surface area contributed by atoms with Crippen LogP contribution in [-0.4, -0.2) is 31.1 Å². The topological polar surface area (TPSA) is 32.7 Å². The first-order valence-electron chi connectivity index (χ1n) is 4.10. The van der Waals surface area contributed by atoms with Crippen molar-refractivity contribution in [1.29, 1.82) is 0 Å². The smallest absolute Gasteiger partial charge is 0.219 e. The van der Waals surface area contributed by atoms with Crippen molar-refractivity contribution in [3.63, 3.8) is 0 Å². The summed E-state index contributed by atoms with van der Waals surface area (Å²) in [7, 11) is 1.77. The lowest BCUT2D eigenvalue weighted by Crippen LogP contribution is -2.24. The Balaban J connectivity index is 3.99. The quantitative estimate of drug-likeness (QED) is 0.467. The summed E-state index contributed by atoms with van der Waals surface area (Å²) in [6.45, 7) is 9.23. The summed E-state index contributed by atoms with van der Waals surface area (Å²) in [6.07, 6.45) is 4.14. The highest BCUT2D eigenvalue weighted by atomic mass is 16.2. The number of hydrogen-bond donors (Lipinski definition) is 0. The van der Waals surface area contributed by atoms with E-state index in [0.717, 1.165) is 12.0 Å². The second kappa shape index (κ2) is 6.17. The van der Waals surface area contributed by atoms with Gasteiger partial charge in [-0.15, -0.1) is 0 Å². The highest BCUT2D eigenvalue weighted by Crippen LogP contribution is 2.03. The molecule has 0 N–H and O–H groups in total. The molecule has 0 saturated carbocycles. The van der Waals surface area contributed by atoms with Crippen LogP contribution in [-0.2, 0) is 4.79 Å². The molecule has 0 fully saturated rings. The maximum atomic E-state index is 10.8. The van der Waals surface area contributed by atoms with Gasteiger partial charge in [0.05, 0.1) is 0 Å². The molecule has 3 heteroatoms. The van der Waals surface area contributed by atoms with E-state index in [0.29, 0.717) is 6.54 Å². The first-order valence-corrected chi connectivity index (χ1v) is 4.10. The van der Waals surface area contributed by atoms with Crippen LogP contribution in [0.25, 0.3) is 0 Å². The molecule has 0 radical (unpaired) electrons. The molecule has 0 aliphatic rings. The zero-order valence-corrected chi connectivity index (χ0v) is 8.29. The third kappa shape index (κ3) is 4.95. The van der Waals surface area contributed by atoms with E-state index in [2.05, 4.69) is 18.3 Å². The normalized spacial score (nSPS) is 10.8. The van der Waals surface area contributed by atoms with Gasteiger partial charge in [0.2, 0.25) is 5.91 Å². The Bertz CT molecular complexity index is 231. The molecule has 0 aromatic heterocycles. The second-order valence-corrected chi connectivity index (χ2v) is 2.78. The molecule has 0 spiro atoms. The average Bonchev–Trinajstić information content (AvgIpc) is 2.11. The van der Waals surface area contributed by atoms with Crippen LogP contribution in [0.2, 0.25) is 0 Å². The summed E-state index contributed by atoms with van der Waals surface area (Å²) in [4.78, 5) is 16.1. The number of carbonyl (C=O) groups is 1. The molecule has 0 rings (SSSR count). The van der Waals surface area contributed by atoms with Gasteiger partial charge in [-0.3, -0.25) is 9.79 Å². The summed E-state index contributed by atoms with van der Waals surface area (Å²) in [6, 6.07) is 0. The maximum Gasteiger partial charge on any atom is 0.219 e. The highest BCUT2D eigenvalue weighted by molar-refractivity contribution is 5.72. The molecule has 0 unspecified atom stereocenters. The molecule has 0 bridgehead atoms. The molecule has 0 heterocycles. The first kappa shape index (κ1) is 11.6. The molecular formula is C10H16N2O. The van der Waals surface area contributed by atoms with Crippen LogP contribution in [0.1, 0.15) is 13.3 Å². The number of hydrogen-bond acceptors (Lipinski definition) is 2. The number of rotatable bonds is 5. The van der Waals surface area contributed by atoms with E-state index in [1.165, 1.54) is 0 Å². The molecular weight excluding hydrogens is 164 g/mol. The third-order valence-electron chi connectivity index (χ3n) is 1.79. The van der Waals surface area contributed by atoms with E-state index < -0.39 is 0 Å². The van der Waals surface area contributed by atoms with Crippen LogP contribution in [0, 0.1) is 0 Å². The van der Waals surface area contributed by atoms with Crippen molar-refractivity contribution in [3.05, 3.63) is 24.4 Å². The minimum Gasteiger partial charge on any atom is -0.346 e.